The van der Waals surface area contributed by atoms with Gasteiger partial charge in [0.05, 0.1) is 18.5 Å². The molecule has 4 aromatic carbocycles. The van der Waals surface area contributed by atoms with E-state index in [0.29, 0.717) is 18.5 Å². The first-order valence-corrected chi connectivity index (χ1v) is 14.0. The molecule has 0 aromatic heterocycles. The van der Waals surface area contributed by atoms with Crippen molar-refractivity contribution in [2.75, 3.05) is 13.2 Å². The fourth-order valence-corrected chi connectivity index (χ4v) is 6.10. The van der Waals surface area contributed by atoms with Crippen molar-refractivity contribution in [3.63, 3.8) is 0 Å². The molecule has 0 aliphatic rings. The molecule has 1 atom stereocenters. The first-order valence-electron chi connectivity index (χ1n) is 11.9. The third kappa shape index (κ3) is 6.78. The molecule has 0 bridgehead atoms. The lowest BCUT2D eigenvalue weighted by molar-refractivity contribution is 0.230. The first-order chi connectivity index (χ1) is 16.9. The summed E-state index contributed by atoms with van der Waals surface area (Å²) >= 11 is 0. The molecule has 0 saturated heterocycles. The lowest BCUT2D eigenvalue weighted by atomic mass is 10.0. The van der Waals surface area contributed by atoms with Crippen molar-refractivity contribution in [2.24, 2.45) is 0 Å². The van der Waals surface area contributed by atoms with Gasteiger partial charge in [0, 0.05) is 0 Å². The van der Waals surface area contributed by atoms with Crippen molar-refractivity contribution >= 4 is 27.4 Å². The Morgan fingerprint density at radius 3 is 1.49 bits per heavy atom. The van der Waals surface area contributed by atoms with Gasteiger partial charge in [0.15, 0.2) is 0 Å². The average Bonchev–Trinajstić information content (AvgIpc) is 2.86. The van der Waals surface area contributed by atoms with Crippen LogP contribution in [0.25, 0.3) is 22.3 Å². The lowest BCUT2D eigenvalue weighted by Crippen LogP contribution is -2.13. The summed E-state index contributed by atoms with van der Waals surface area (Å²) in [6.07, 6.45) is 0. The van der Waals surface area contributed by atoms with Gasteiger partial charge in [0.25, 0.3) is 0 Å². The van der Waals surface area contributed by atoms with E-state index in [0.717, 1.165) is 16.7 Å². The standard InChI is InChI=1S/C17H21O3P.C13H13P/c1-4-19-21(18,20-5-2)17-13-9-8-12-16(17)15-11-7-6-10-14(15)3;1-10-6-2-3-7-11(10)12-8-4-5-9-13(12)14/h6-13H,4-5H2,1-3H3;2-9H,14H2,1H3. The molecule has 35 heavy (non-hydrogen) atoms. The maximum Gasteiger partial charge on any atom is 0.361 e. The predicted octanol–water partition coefficient (Wildman–Crippen LogP) is 7.72. The number of hydrogen-bond donors (Lipinski definition) is 0. The molecule has 0 aliphatic heterocycles. The topological polar surface area (TPSA) is 35.5 Å². The Labute approximate surface area is 212 Å². The molecule has 0 saturated carbocycles. The van der Waals surface area contributed by atoms with Crippen LogP contribution in [0, 0.1) is 13.8 Å². The van der Waals surface area contributed by atoms with Crippen LogP contribution >= 0.6 is 16.8 Å². The van der Waals surface area contributed by atoms with Gasteiger partial charge in [-0.15, -0.1) is 9.24 Å². The molecule has 4 aromatic rings. The summed E-state index contributed by atoms with van der Waals surface area (Å²) in [6, 6.07) is 32.5. The summed E-state index contributed by atoms with van der Waals surface area (Å²) in [5, 5.41) is 1.88. The van der Waals surface area contributed by atoms with Gasteiger partial charge in [-0.05, 0) is 72.4 Å². The maximum atomic E-state index is 13.1. The van der Waals surface area contributed by atoms with E-state index < -0.39 is 7.60 Å². The summed E-state index contributed by atoms with van der Waals surface area (Å²) in [4.78, 5) is 0. The van der Waals surface area contributed by atoms with E-state index >= 15 is 0 Å². The van der Waals surface area contributed by atoms with Gasteiger partial charge in [0.1, 0.15) is 0 Å². The van der Waals surface area contributed by atoms with Crippen LogP contribution in [0.15, 0.2) is 97.1 Å². The smallest absolute Gasteiger partial charge is 0.305 e. The van der Waals surface area contributed by atoms with Crippen LogP contribution in [-0.2, 0) is 13.6 Å². The molecule has 0 spiro atoms. The zero-order valence-electron chi connectivity index (χ0n) is 20.9. The Bertz CT molecular complexity index is 1250. The Kier molecular flexibility index (Phi) is 10.0. The Balaban J connectivity index is 0.000000211. The molecule has 0 radical (unpaired) electrons. The van der Waals surface area contributed by atoms with Gasteiger partial charge in [-0.1, -0.05) is 91.0 Å². The average molecular weight is 505 g/mol. The van der Waals surface area contributed by atoms with E-state index in [9.17, 15) is 4.57 Å². The summed E-state index contributed by atoms with van der Waals surface area (Å²) in [6.45, 7) is 8.52. The molecule has 3 nitrogen and oxygen atoms in total. The normalized spacial score (nSPS) is 11.0. The molecule has 0 aliphatic carbocycles. The SMILES string of the molecule is CCOP(=O)(OCC)c1ccccc1-c1ccccc1C.Cc1ccccc1-c1ccccc1P. The van der Waals surface area contributed by atoms with Gasteiger partial charge in [-0.2, -0.15) is 0 Å². The number of benzene rings is 4. The van der Waals surface area contributed by atoms with E-state index in [4.69, 9.17) is 9.05 Å². The lowest BCUT2D eigenvalue weighted by Gasteiger charge is -2.20. The third-order valence-corrected chi connectivity index (χ3v) is 8.31. The molecule has 182 valence electrons. The third-order valence-electron chi connectivity index (χ3n) is 5.63. The number of rotatable bonds is 7. The van der Waals surface area contributed by atoms with Crippen LogP contribution in [0.1, 0.15) is 25.0 Å². The molecule has 0 fully saturated rings. The summed E-state index contributed by atoms with van der Waals surface area (Å²) < 4.78 is 24.1. The highest BCUT2D eigenvalue weighted by Crippen LogP contribution is 2.49. The summed E-state index contributed by atoms with van der Waals surface area (Å²) in [5.74, 6) is 0. The second-order valence-corrected chi connectivity index (χ2v) is 10.7. The van der Waals surface area contributed by atoms with Crippen molar-refractivity contribution in [1.82, 2.24) is 0 Å². The number of hydrogen-bond acceptors (Lipinski definition) is 3. The Morgan fingerprint density at radius 1 is 0.600 bits per heavy atom. The van der Waals surface area contributed by atoms with Crippen LogP contribution in [0.4, 0.5) is 0 Å². The van der Waals surface area contributed by atoms with Crippen LogP contribution in [0.2, 0.25) is 0 Å². The maximum absolute atomic E-state index is 13.1. The summed E-state index contributed by atoms with van der Waals surface area (Å²) in [5.41, 5.74) is 7.02. The van der Waals surface area contributed by atoms with Gasteiger partial charge >= 0.3 is 7.60 Å². The van der Waals surface area contributed by atoms with Gasteiger partial charge in [-0.3, -0.25) is 4.57 Å². The van der Waals surface area contributed by atoms with Gasteiger partial charge in [-0.25, -0.2) is 0 Å². The van der Waals surface area contributed by atoms with Crippen LogP contribution < -0.4 is 10.6 Å². The first kappa shape index (κ1) is 27.1. The fraction of sp³-hybridized carbons (Fsp3) is 0.200. The van der Waals surface area contributed by atoms with Crippen molar-refractivity contribution in [3.8, 4) is 22.3 Å². The molecule has 0 amide bonds. The highest BCUT2D eigenvalue weighted by molar-refractivity contribution is 7.62. The predicted molar refractivity (Wildman–Crippen MR) is 153 cm³/mol. The van der Waals surface area contributed by atoms with Crippen LogP contribution in [-0.4, -0.2) is 13.2 Å². The van der Waals surface area contributed by atoms with Crippen molar-refractivity contribution in [1.29, 1.82) is 0 Å². The fourth-order valence-electron chi connectivity index (χ4n) is 3.95. The van der Waals surface area contributed by atoms with E-state index in [-0.39, 0.29) is 0 Å². The molecular weight excluding hydrogens is 470 g/mol. The minimum atomic E-state index is -3.29. The highest BCUT2D eigenvalue weighted by Gasteiger charge is 2.29. The largest absolute Gasteiger partial charge is 0.361 e. The van der Waals surface area contributed by atoms with Gasteiger partial charge in [0.2, 0.25) is 0 Å². The molecule has 4 rings (SSSR count). The zero-order chi connectivity index (χ0) is 25.3. The second kappa shape index (κ2) is 13.0. The minimum Gasteiger partial charge on any atom is -0.305 e. The zero-order valence-corrected chi connectivity index (χ0v) is 23.0. The van der Waals surface area contributed by atoms with Crippen molar-refractivity contribution in [3.05, 3.63) is 108 Å². The molecule has 5 heteroatoms. The second-order valence-electron chi connectivity index (χ2n) is 8.07. The number of aryl methyl sites for hydroxylation is 2. The molecule has 0 N–H and O–H groups in total. The van der Waals surface area contributed by atoms with Gasteiger partial charge < -0.3 is 9.05 Å². The molecule has 0 heterocycles. The Hall–Kier alpha value is -2.54. The van der Waals surface area contributed by atoms with Crippen molar-refractivity contribution < 1.29 is 13.6 Å². The van der Waals surface area contributed by atoms with E-state index in [1.54, 1.807) is 0 Å². The highest BCUT2D eigenvalue weighted by atomic mass is 31.2. The van der Waals surface area contributed by atoms with Crippen molar-refractivity contribution in [2.45, 2.75) is 27.7 Å². The minimum absolute atomic E-state index is 0.347. The molecular formula is C30H34O3P2. The van der Waals surface area contributed by atoms with Crippen LogP contribution in [0.5, 0.6) is 0 Å². The quantitative estimate of drug-likeness (QED) is 0.242. The van der Waals surface area contributed by atoms with E-state index in [1.165, 1.54) is 22.0 Å². The molecule has 1 unspecified atom stereocenters. The van der Waals surface area contributed by atoms with Crippen LogP contribution in [0.3, 0.4) is 0 Å². The monoisotopic (exact) mass is 504 g/mol. The van der Waals surface area contributed by atoms with E-state index in [2.05, 4.69) is 64.7 Å². The Morgan fingerprint density at radius 2 is 1.00 bits per heavy atom. The van der Waals surface area contributed by atoms with E-state index in [1.807, 2.05) is 69.3 Å². The summed E-state index contributed by atoms with van der Waals surface area (Å²) in [7, 11) is -0.512.